The summed E-state index contributed by atoms with van der Waals surface area (Å²) in [5.74, 6) is 1.65. The minimum absolute atomic E-state index is 0.416. The fraction of sp³-hybridized carbons (Fsp3) is 0.647. The van der Waals surface area contributed by atoms with E-state index in [1.54, 1.807) is 0 Å². The highest BCUT2D eigenvalue weighted by Crippen LogP contribution is 2.19. The van der Waals surface area contributed by atoms with Crippen molar-refractivity contribution < 1.29 is 0 Å². The third-order valence-corrected chi connectivity index (χ3v) is 3.80. The lowest BCUT2D eigenvalue weighted by Crippen LogP contribution is -2.17. The number of anilines is 1. The van der Waals surface area contributed by atoms with Crippen molar-refractivity contribution >= 4 is 23.0 Å². The van der Waals surface area contributed by atoms with Gasteiger partial charge in [-0.3, -0.25) is 0 Å². The highest BCUT2D eigenvalue weighted by Gasteiger charge is 2.10. The van der Waals surface area contributed by atoms with E-state index >= 15 is 0 Å². The van der Waals surface area contributed by atoms with E-state index in [0.29, 0.717) is 4.99 Å². The van der Waals surface area contributed by atoms with Gasteiger partial charge in [0.15, 0.2) is 0 Å². The number of nitrogens with two attached hydrogens (primary N) is 1. The fourth-order valence-corrected chi connectivity index (χ4v) is 2.77. The number of aryl methyl sites for hydroxylation is 2. The van der Waals surface area contributed by atoms with Crippen LogP contribution in [0.25, 0.3) is 0 Å². The van der Waals surface area contributed by atoms with Crippen LogP contribution in [-0.2, 0) is 0 Å². The Bertz CT molecular complexity index is 469. The first-order valence-corrected chi connectivity index (χ1v) is 8.34. The van der Waals surface area contributed by atoms with Gasteiger partial charge < -0.3 is 11.1 Å². The molecule has 0 fully saturated rings. The maximum Gasteiger partial charge on any atom is 0.136 e. The molecule has 0 unspecified atom stereocenters. The van der Waals surface area contributed by atoms with Gasteiger partial charge in [0, 0.05) is 12.2 Å². The Morgan fingerprint density at radius 1 is 1.24 bits per heavy atom. The zero-order valence-corrected chi connectivity index (χ0v) is 14.6. The van der Waals surface area contributed by atoms with Crippen LogP contribution in [0, 0.1) is 19.8 Å². The Balaban J connectivity index is 2.43. The minimum Gasteiger partial charge on any atom is -0.389 e. The van der Waals surface area contributed by atoms with Crippen LogP contribution >= 0.6 is 12.2 Å². The van der Waals surface area contributed by atoms with E-state index in [0.717, 1.165) is 41.5 Å². The molecule has 0 aliphatic carbocycles. The average Bonchev–Trinajstić information content (AvgIpc) is 2.35. The monoisotopic (exact) mass is 307 g/mol. The van der Waals surface area contributed by atoms with E-state index in [4.69, 9.17) is 18.0 Å². The number of hydrogen-bond acceptors (Lipinski definition) is 3. The zero-order chi connectivity index (χ0) is 15.8. The van der Waals surface area contributed by atoms with Crippen LogP contribution in [0.15, 0.2) is 6.07 Å². The third-order valence-electron chi connectivity index (χ3n) is 3.59. The van der Waals surface area contributed by atoms with Crippen molar-refractivity contribution in [3.8, 4) is 0 Å². The number of thiocarbonyl (C=S) groups is 1. The highest BCUT2D eigenvalue weighted by molar-refractivity contribution is 7.80. The molecule has 0 saturated heterocycles. The highest BCUT2D eigenvalue weighted by atomic mass is 32.1. The third kappa shape index (κ3) is 6.42. The Hall–Kier alpha value is -1.16. The molecule has 0 aliphatic heterocycles. The molecule has 1 heterocycles. The number of nitrogens with one attached hydrogen (secondary N) is 1. The van der Waals surface area contributed by atoms with E-state index in [9.17, 15) is 0 Å². The van der Waals surface area contributed by atoms with Crippen molar-refractivity contribution in [1.82, 2.24) is 4.98 Å². The summed E-state index contributed by atoms with van der Waals surface area (Å²) in [6.45, 7) is 9.51. The summed E-state index contributed by atoms with van der Waals surface area (Å²) in [5, 5.41) is 3.40. The smallest absolute Gasteiger partial charge is 0.136 e. The van der Waals surface area contributed by atoms with Gasteiger partial charge in [-0.05, 0) is 37.8 Å². The summed E-state index contributed by atoms with van der Waals surface area (Å²) in [7, 11) is 0. The molecule has 3 nitrogen and oxygen atoms in total. The standard InChI is InChI=1S/C17H29N3S/c1-12(2)9-7-5-6-8-10-19-17-15(16(18)21)13(3)11-14(4)20-17/h11-12H,5-10H2,1-4H3,(H2,18,21)(H,19,20). The molecule has 0 amide bonds. The van der Waals surface area contributed by atoms with Crippen LogP contribution < -0.4 is 11.1 Å². The van der Waals surface area contributed by atoms with Gasteiger partial charge in [-0.1, -0.05) is 51.7 Å². The lowest BCUT2D eigenvalue weighted by atomic mass is 10.0. The molecule has 0 atom stereocenters. The molecule has 0 saturated carbocycles. The van der Waals surface area contributed by atoms with Gasteiger partial charge in [0.1, 0.15) is 10.8 Å². The summed E-state index contributed by atoms with van der Waals surface area (Å²) in [6, 6.07) is 2.02. The van der Waals surface area contributed by atoms with Crippen LogP contribution in [0.5, 0.6) is 0 Å². The van der Waals surface area contributed by atoms with Crippen molar-refractivity contribution in [3.05, 3.63) is 22.9 Å². The SMILES string of the molecule is Cc1cc(C)c(C(N)=S)c(NCCCCCCC(C)C)n1. The molecular weight excluding hydrogens is 278 g/mol. The Kier molecular flexibility index (Phi) is 7.65. The molecule has 0 spiro atoms. The lowest BCUT2D eigenvalue weighted by molar-refractivity contribution is 0.523. The topological polar surface area (TPSA) is 50.9 Å². The van der Waals surface area contributed by atoms with E-state index in [1.807, 2.05) is 19.9 Å². The van der Waals surface area contributed by atoms with Gasteiger partial charge in [0.05, 0.1) is 5.56 Å². The normalized spacial score (nSPS) is 10.9. The fourth-order valence-electron chi connectivity index (χ4n) is 2.51. The van der Waals surface area contributed by atoms with Crippen LogP contribution in [0.3, 0.4) is 0 Å². The summed E-state index contributed by atoms with van der Waals surface area (Å²) < 4.78 is 0. The van der Waals surface area contributed by atoms with E-state index in [-0.39, 0.29) is 0 Å². The summed E-state index contributed by atoms with van der Waals surface area (Å²) in [5.41, 5.74) is 8.78. The molecule has 4 heteroatoms. The van der Waals surface area contributed by atoms with Gasteiger partial charge in [0.25, 0.3) is 0 Å². The summed E-state index contributed by atoms with van der Waals surface area (Å²) in [4.78, 5) is 4.95. The van der Waals surface area contributed by atoms with Crippen LogP contribution in [0.4, 0.5) is 5.82 Å². The average molecular weight is 308 g/mol. The predicted molar refractivity (Wildman–Crippen MR) is 96.0 cm³/mol. The molecule has 1 aromatic heterocycles. The number of hydrogen-bond donors (Lipinski definition) is 2. The number of nitrogens with zero attached hydrogens (tertiary/aromatic N) is 1. The molecule has 1 aromatic rings. The zero-order valence-electron chi connectivity index (χ0n) is 13.8. The van der Waals surface area contributed by atoms with Gasteiger partial charge in [-0.15, -0.1) is 0 Å². The number of unbranched alkanes of at least 4 members (excludes halogenated alkanes) is 3. The minimum atomic E-state index is 0.416. The van der Waals surface area contributed by atoms with E-state index in [2.05, 4.69) is 24.1 Å². The number of rotatable bonds is 9. The molecule has 21 heavy (non-hydrogen) atoms. The first kappa shape index (κ1) is 17.9. The summed E-state index contributed by atoms with van der Waals surface area (Å²) >= 11 is 5.14. The second-order valence-corrected chi connectivity index (χ2v) is 6.63. The molecule has 118 valence electrons. The van der Waals surface area contributed by atoms with Crippen molar-refractivity contribution in [2.45, 2.75) is 59.8 Å². The largest absolute Gasteiger partial charge is 0.389 e. The molecule has 0 aliphatic rings. The van der Waals surface area contributed by atoms with Crippen molar-refractivity contribution in [2.75, 3.05) is 11.9 Å². The Morgan fingerprint density at radius 3 is 2.52 bits per heavy atom. The maximum absolute atomic E-state index is 5.82. The van der Waals surface area contributed by atoms with Crippen molar-refractivity contribution in [2.24, 2.45) is 11.7 Å². The van der Waals surface area contributed by atoms with E-state index in [1.165, 1.54) is 25.7 Å². The number of aromatic nitrogens is 1. The molecule has 0 aromatic carbocycles. The molecule has 0 radical (unpaired) electrons. The summed E-state index contributed by atoms with van der Waals surface area (Å²) in [6.07, 6.45) is 6.38. The first-order valence-electron chi connectivity index (χ1n) is 7.93. The second-order valence-electron chi connectivity index (χ2n) is 6.19. The molecule has 0 bridgehead atoms. The quantitative estimate of drug-likeness (QED) is 0.526. The Labute approximate surface area is 134 Å². The molecule has 3 N–H and O–H groups in total. The van der Waals surface area contributed by atoms with Gasteiger partial charge in [0.2, 0.25) is 0 Å². The predicted octanol–water partition coefficient (Wildman–Crippen LogP) is 4.35. The Morgan fingerprint density at radius 2 is 1.90 bits per heavy atom. The van der Waals surface area contributed by atoms with Gasteiger partial charge >= 0.3 is 0 Å². The van der Waals surface area contributed by atoms with Gasteiger partial charge in [-0.2, -0.15) is 0 Å². The van der Waals surface area contributed by atoms with Crippen molar-refractivity contribution in [1.29, 1.82) is 0 Å². The van der Waals surface area contributed by atoms with E-state index < -0.39 is 0 Å². The van der Waals surface area contributed by atoms with Gasteiger partial charge in [-0.25, -0.2) is 4.98 Å². The van der Waals surface area contributed by atoms with Crippen LogP contribution in [-0.4, -0.2) is 16.5 Å². The van der Waals surface area contributed by atoms with Crippen LogP contribution in [0.2, 0.25) is 0 Å². The van der Waals surface area contributed by atoms with Crippen molar-refractivity contribution in [3.63, 3.8) is 0 Å². The molecular formula is C17H29N3S. The second kappa shape index (κ2) is 8.98. The molecule has 1 rings (SSSR count). The van der Waals surface area contributed by atoms with Crippen LogP contribution in [0.1, 0.15) is 62.8 Å². The maximum atomic E-state index is 5.82. The first-order chi connectivity index (χ1) is 9.91. The number of pyridine rings is 1. The lowest BCUT2D eigenvalue weighted by Gasteiger charge is -2.13.